The second-order valence-corrected chi connectivity index (χ2v) is 25.5. The van der Waals surface area contributed by atoms with Crippen molar-refractivity contribution in [2.75, 3.05) is 0 Å². The van der Waals surface area contributed by atoms with Gasteiger partial charge in [-0.25, -0.2) is 0 Å². The van der Waals surface area contributed by atoms with E-state index in [0.717, 1.165) is 32.1 Å². The van der Waals surface area contributed by atoms with Crippen molar-refractivity contribution in [3.8, 4) is 39.1 Å². The molecule has 83 heavy (non-hydrogen) atoms. The predicted molar refractivity (Wildman–Crippen MR) is 368 cm³/mol. The molecule has 1 nitrogen and oxygen atoms in total. The zero-order valence-electron chi connectivity index (χ0n) is 50.9. The van der Waals surface area contributed by atoms with E-state index >= 15 is 0 Å². The molecule has 0 amide bonds. The maximum Gasteiger partial charge on any atom is 0.0541 e. The topological polar surface area (TPSA) is 4.93 Å². The standard InChI is InChI=1S/C81H87NS/c1-9-14-40-75(80(8,49-15-10-2)58(7)12-4)70-39-28-26-36-67(70)60-42-46-77-72(53-60)71-52-59(66-35-25-27-38-69(66)64-33-22-20-18-17-19-21-31-57(64)6)41-45-76(71)82(77)63-44-48-79-74(55-63)73-54-61(43-47-78(73)83-79)65-34-23-24-37-68(65)62-32-29-30-51-81(13-5,56-62)50-16-11-3/h9,14,20,22-30,32-48,51-58H,10-13,15-19,21,31,49-50H2,1-8H3/b14-9-,22-20-,64-33+,75-40-. The van der Waals surface area contributed by atoms with E-state index < -0.39 is 0 Å². The van der Waals surface area contributed by atoms with Crippen molar-refractivity contribution in [1.29, 1.82) is 0 Å². The highest BCUT2D eigenvalue weighted by Gasteiger charge is 2.35. The fraction of sp³-hybridized carbons (Fsp3) is 0.309. The summed E-state index contributed by atoms with van der Waals surface area (Å²) >= 11 is 1.90. The highest BCUT2D eigenvalue weighted by atomic mass is 32.1. The van der Waals surface area contributed by atoms with Crippen LogP contribution in [0.4, 0.5) is 0 Å². The molecule has 0 fully saturated rings. The van der Waals surface area contributed by atoms with Crippen molar-refractivity contribution in [2.45, 2.75) is 139 Å². The van der Waals surface area contributed by atoms with Crippen molar-refractivity contribution in [1.82, 2.24) is 4.57 Å². The zero-order chi connectivity index (χ0) is 57.5. The molecule has 422 valence electrons. The van der Waals surface area contributed by atoms with E-state index in [1.165, 1.54) is 166 Å². The van der Waals surface area contributed by atoms with Gasteiger partial charge >= 0.3 is 0 Å². The smallest absolute Gasteiger partial charge is 0.0541 e. The van der Waals surface area contributed by atoms with Gasteiger partial charge in [-0.05, 0) is 184 Å². The molecular formula is C81H87NS. The Morgan fingerprint density at radius 1 is 0.663 bits per heavy atom. The van der Waals surface area contributed by atoms with Crippen LogP contribution in [0.2, 0.25) is 0 Å². The highest BCUT2D eigenvalue weighted by Crippen LogP contribution is 2.50. The fourth-order valence-electron chi connectivity index (χ4n) is 13.9. The number of fused-ring (bicyclic) bond motifs is 6. The zero-order valence-corrected chi connectivity index (χ0v) is 51.7. The Kier molecular flexibility index (Phi) is 17.8. The minimum Gasteiger partial charge on any atom is -0.309 e. The minimum absolute atomic E-state index is 0.00598. The van der Waals surface area contributed by atoms with Crippen LogP contribution in [-0.2, 0) is 0 Å². The number of nitrogens with zero attached hydrogens (tertiary/aromatic N) is 1. The summed E-state index contributed by atoms with van der Waals surface area (Å²) in [6, 6.07) is 56.6. The number of rotatable bonds is 18. The molecule has 2 heteroatoms. The quantitative estimate of drug-likeness (QED) is 0.0755. The lowest BCUT2D eigenvalue weighted by Gasteiger charge is -2.39. The number of thiophene rings is 1. The van der Waals surface area contributed by atoms with Crippen LogP contribution in [0.1, 0.15) is 156 Å². The summed E-state index contributed by atoms with van der Waals surface area (Å²) in [5.74, 6) is 0.976. The summed E-state index contributed by atoms with van der Waals surface area (Å²) in [6.45, 7) is 18.9. The van der Waals surface area contributed by atoms with E-state index in [9.17, 15) is 0 Å². The Hall–Kier alpha value is -7.26. The fourth-order valence-corrected chi connectivity index (χ4v) is 15.0. The Balaban J connectivity index is 1.10. The molecule has 2 aliphatic rings. The summed E-state index contributed by atoms with van der Waals surface area (Å²) in [5.41, 5.74) is 19.4. The third-order valence-electron chi connectivity index (χ3n) is 19.3. The molecule has 7 aromatic carbocycles. The lowest BCUT2D eigenvalue weighted by molar-refractivity contribution is 0.255. The van der Waals surface area contributed by atoms with E-state index in [-0.39, 0.29) is 10.8 Å². The van der Waals surface area contributed by atoms with Gasteiger partial charge in [0.2, 0.25) is 0 Å². The van der Waals surface area contributed by atoms with Crippen LogP contribution in [0.3, 0.4) is 0 Å². The van der Waals surface area contributed by atoms with Crippen LogP contribution in [0.25, 0.3) is 97.8 Å². The molecule has 9 aromatic rings. The Bertz CT molecular complexity index is 4020. The van der Waals surface area contributed by atoms with Crippen molar-refractivity contribution < 1.29 is 0 Å². The molecule has 11 rings (SSSR count). The number of hydrogen-bond donors (Lipinski definition) is 0. The van der Waals surface area contributed by atoms with E-state index in [0.29, 0.717) is 11.8 Å². The largest absolute Gasteiger partial charge is 0.309 e. The summed E-state index contributed by atoms with van der Waals surface area (Å²) in [4.78, 5) is 0. The van der Waals surface area contributed by atoms with Gasteiger partial charge in [0.15, 0.2) is 0 Å². The molecule has 2 heterocycles. The lowest BCUT2D eigenvalue weighted by atomic mass is 9.65. The minimum atomic E-state index is 0.00598. The number of aromatic nitrogens is 1. The van der Waals surface area contributed by atoms with Crippen LogP contribution in [0, 0.1) is 22.7 Å². The van der Waals surface area contributed by atoms with E-state index in [4.69, 9.17) is 0 Å². The van der Waals surface area contributed by atoms with E-state index in [1.54, 1.807) is 0 Å². The molecule has 0 saturated heterocycles. The summed E-state index contributed by atoms with van der Waals surface area (Å²) in [6.07, 6.45) is 41.4. The van der Waals surface area contributed by atoms with Crippen molar-refractivity contribution in [2.24, 2.45) is 22.7 Å². The third-order valence-corrected chi connectivity index (χ3v) is 20.4. The molecule has 0 saturated carbocycles. The monoisotopic (exact) mass is 1110 g/mol. The van der Waals surface area contributed by atoms with Crippen LogP contribution in [0.5, 0.6) is 0 Å². The van der Waals surface area contributed by atoms with Crippen molar-refractivity contribution in [3.05, 3.63) is 229 Å². The van der Waals surface area contributed by atoms with Gasteiger partial charge in [0.05, 0.1) is 11.0 Å². The van der Waals surface area contributed by atoms with E-state index in [2.05, 4.69) is 272 Å². The molecule has 0 bridgehead atoms. The van der Waals surface area contributed by atoms with Gasteiger partial charge in [0.25, 0.3) is 0 Å². The summed E-state index contributed by atoms with van der Waals surface area (Å²) < 4.78 is 5.17. The van der Waals surface area contributed by atoms with Gasteiger partial charge in [-0.1, -0.05) is 251 Å². The molecule has 0 N–H and O–H groups in total. The summed E-state index contributed by atoms with van der Waals surface area (Å²) in [7, 11) is 0. The molecule has 0 aliphatic heterocycles. The number of benzene rings is 7. The average Bonchev–Trinajstić information content (AvgIpc) is 4.19. The number of hydrogen-bond acceptors (Lipinski definition) is 1. The van der Waals surface area contributed by atoms with Gasteiger partial charge in [-0.2, -0.15) is 0 Å². The van der Waals surface area contributed by atoms with Gasteiger partial charge in [0, 0.05) is 42.0 Å². The lowest BCUT2D eigenvalue weighted by Crippen LogP contribution is -2.27. The Labute approximate surface area is 501 Å². The second kappa shape index (κ2) is 25.7. The van der Waals surface area contributed by atoms with Crippen LogP contribution >= 0.6 is 11.3 Å². The molecule has 2 aliphatic carbocycles. The molecule has 2 aromatic heterocycles. The SMILES string of the molecule is C/C=C\C=C(\c1ccccc1-c1ccc2c(c1)c1cc(-c3ccccc3/C3=C/C=C\CCCCCC3C)ccc1n2-c1ccc2sc3ccc(-c4ccccc4C4=CC(CC)(CCCC)C=CC=C4)cc3c2c1)C(C)(CCCC)C(C)CC. The van der Waals surface area contributed by atoms with Gasteiger partial charge in [0.1, 0.15) is 0 Å². The predicted octanol–water partition coefficient (Wildman–Crippen LogP) is 25.0. The summed E-state index contributed by atoms with van der Waals surface area (Å²) in [5, 5.41) is 5.14. The van der Waals surface area contributed by atoms with Gasteiger partial charge < -0.3 is 4.57 Å². The van der Waals surface area contributed by atoms with Crippen molar-refractivity contribution in [3.63, 3.8) is 0 Å². The highest BCUT2D eigenvalue weighted by molar-refractivity contribution is 7.25. The second-order valence-electron chi connectivity index (χ2n) is 24.5. The normalized spacial score (nSPS) is 19.3. The number of unbranched alkanes of at least 4 members (excludes halogenated alkanes) is 2. The first kappa shape index (κ1) is 57.6. The molecule has 0 spiro atoms. The first-order chi connectivity index (χ1) is 40.6. The molecule has 4 atom stereocenters. The third kappa shape index (κ3) is 11.6. The average molecular weight is 1110 g/mol. The van der Waals surface area contributed by atoms with Crippen molar-refractivity contribution >= 4 is 70.0 Å². The maximum absolute atomic E-state index is 2.57. The molecular weight excluding hydrogens is 1020 g/mol. The Morgan fingerprint density at radius 3 is 1.99 bits per heavy atom. The molecule has 4 unspecified atom stereocenters. The van der Waals surface area contributed by atoms with Gasteiger partial charge in [-0.3, -0.25) is 0 Å². The Morgan fingerprint density at radius 2 is 1.29 bits per heavy atom. The molecule has 0 radical (unpaired) electrons. The first-order valence-corrected chi connectivity index (χ1v) is 32.6. The van der Waals surface area contributed by atoms with Gasteiger partial charge in [-0.15, -0.1) is 11.3 Å². The number of allylic oxidation sites excluding steroid dienone is 14. The van der Waals surface area contributed by atoms with Crippen LogP contribution in [0.15, 0.2) is 212 Å². The first-order valence-electron chi connectivity index (χ1n) is 31.8. The van der Waals surface area contributed by atoms with E-state index in [1.807, 2.05) is 11.3 Å². The van der Waals surface area contributed by atoms with Crippen LogP contribution in [-0.4, -0.2) is 4.57 Å². The van der Waals surface area contributed by atoms with Crippen LogP contribution < -0.4 is 0 Å². The maximum atomic E-state index is 2.57.